The molecule has 1 N–H and O–H groups in total. The second-order valence-corrected chi connectivity index (χ2v) is 7.07. The highest BCUT2D eigenvalue weighted by Crippen LogP contribution is 2.34. The largest absolute Gasteiger partial charge is 0.492 e. The van der Waals surface area contributed by atoms with Crippen LogP contribution in [0.3, 0.4) is 0 Å². The zero-order valence-corrected chi connectivity index (χ0v) is 14.5. The molecule has 0 saturated carbocycles. The number of likely N-dealkylation sites (N-methyl/N-ethyl adjacent to an activating group) is 1. The molecule has 2 aliphatic rings. The molecule has 2 aliphatic heterocycles. The fraction of sp³-hybridized carbons (Fsp3) is 0.684. The molecule has 128 valence electrons. The highest BCUT2D eigenvalue weighted by atomic mass is 16.5. The molecule has 1 aromatic carbocycles. The first kappa shape index (κ1) is 16.7. The summed E-state index contributed by atoms with van der Waals surface area (Å²) >= 11 is 0. The number of aryl methyl sites for hydroxylation is 1. The first-order chi connectivity index (χ1) is 11.2. The summed E-state index contributed by atoms with van der Waals surface area (Å²) in [5, 5.41) is 3.44. The lowest BCUT2D eigenvalue weighted by Crippen LogP contribution is -2.52. The number of hydrogen-bond acceptors (Lipinski definition) is 4. The molecule has 4 nitrogen and oxygen atoms in total. The van der Waals surface area contributed by atoms with E-state index >= 15 is 0 Å². The van der Waals surface area contributed by atoms with Gasteiger partial charge in [0.05, 0.1) is 5.60 Å². The monoisotopic (exact) mass is 318 g/mol. The van der Waals surface area contributed by atoms with Crippen LogP contribution in [-0.2, 0) is 4.74 Å². The lowest BCUT2D eigenvalue weighted by Gasteiger charge is -2.46. The molecule has 0 amide bonds. The van der Waals surface area contributed by atoms with Crippen LogP contribution in [0.1, 0.15) is 31.2 Å². The zero-order chi connectivity index (χ0) is 16.1. The van der Waals surface area contributed by atoms with E-state index in [9.17, 15) is 0 Å². The van der Waals surface area contributed by atoms with E-state index in [4.69, 9.17) is 9.47 Å². The predicted octanol–water partition coefficient (Wildman–Crippen LogP) is 2.61. The van der Waals surface area contributed by atoms with Gasteiger partial charge in [0.25, 0.3) is 0 Å². The maximum absolute atomic E-state index is 6.17. The second kappa shape index (κ2) is 7.65. The molecule has 1 unspecified atom stereocenters. The van der Waals surface area contributed by atoms with Crippen LogP contribution in [0.2, 0.25) is 0 Å². The minimum Gasteiger partial charge on any atom is -0.492 e. The van der Waals surface area contributed by atoms with Crippen molar-refractivity contribution in [3.8, 4) is 5.75 Å². The Morgan fingerprint density at radius 3 is 2.74 bits per heavy atom. The third-order valence-corrected chi connectivity index (χ3v) is 5.34. The Morgan fingerprint density at radius 2 is 2.00 bits per heavy atom. The molecule has 0 bridgehead atoms. The first-order valence-electron chi connectivity index (χ1n) is 8.91. The molecule has 1 spiro atoms. The fourth-order valence-electron chi connectivity index (χ4n) is 3.73. The van der Waals surface area contributed by atoms with Crippen molar-refractivity contribution in [2.75, 3.05) is 39.9 Å². The Morgan fingerprint density at radius 1 is 1.26 bits per heavy atom. The highest BCUT2D eigenvalue weighted by molar-refractivity contribution is 5.26. The van der Waals surface area contributed by atoms with Gasteiger partial charge in [0.1, 0.15) is 12.4 Å². The van der Waals surface area contributed by atoms with Crippen LogP contribution in [0.25, 0.3) is 0 Å². The molecular formula is C19H30N2O2. The van der Waals surface area contributed by atoms with Crippen molar-refractivity contribution < 1.29 is 9.47 Å². The van der Waals surface area contributed by atoms with E-state index in [1.807, 2.05) is 12.1 Å². The van der Waals surface area contributed by atoms with Crippen LogP contribution in [0.4, 0.5) is 0 Å². The van der Waals surface area contributed by atoms with Crippen LogP contribution in [-0.4, -0.2) is 56.4 Å². The number of rotatable bonds is 5. The van der Waals surface area contributed by atoms with E-state index in [1.54, 1.807) is 0 Å². The maximum Gasteiger partial charge on any atom is 0.119 e. The van der Waals surface area contributed by atoms with E-state index in [0.717, 1.165) is 64.3 Å². The third-order valence-electron chi connectivity index (χ3n) is 5.34. The third kappa shape index (κ3) is 4.46. The molecule has 2 heterocycles. The van der Waals surface area contributed by atoms with Gasteiger partial charge in [0.15, 0.2) is 0 Å². The SMILES string of the molecule is Cc1ccc(OCCN(C)C2CCOC3(CCNCC3)C2)cc1. The molecule has 2 fully saturated rings. The molecule has 0 aromatic heterocycles. The van der Waals surface area contributed by atoms with Gasteiger partial charge in [0, 0.05) is 19.2 Å². The van der Waals surface area contributed by atoms with Crippen molar-refractivity contribution >= 4 is 0 Å². The standard InChI is InChI=1S/C19H30N2O2/c1-16-3-5-18(6-4-16)22-14-12-21(2)17-7-13-23-19(15-17)8-10-20-11-9-19/h3-6,17,20H,7-15H2,1-2H3. The zero-order valence-electron chi connectivity index (χ0n) is 14.5. The van der Waals surface area contributed by atoms with Gasteiger partial charge in [-0.3, -0.25) is 4.90 Å². The Kier molecular flexibility index (Phi) is 5.57. The van der Waals surface area contributed by atoms with Crippen molar-refractivity contribution in [1.29, 1.82) is 0 Å². The van der Waals surface area contributed by atoms with Crippen LogP contribution in [0.15, 0.2) is 24.3 Å². The smallest absolute Gasteiger partial charge is 0.119 e. The van der Waals surface area contributed by atoms with E-state index < -0.39 is 0 Å². The number of hydrogen-bond donors (Lipinski definition) is 1. The summed E-state index contributed by atoms with van der Waals surface area (Å²) in [7, 11) is 2.23. The fourth-order valence-corrected chi connectivity index (χ4v) is 3.73. The normalized spacial score (nSPS) is 24.0. The summed E-state index contributed by atoms with van der Waals surface area (Å²) in [6, 6.07) is 8.90. The molecular weight excluding hydrogens is 288 g/mol. The topological polar surface area (TPSA) is 33.7 Å². The molecule has 1 atom stereocenters. The van der Waals surface area contributed by atoms with Gasteiger partial charge in [-0.15, -0.1) is 0 Å². The van der Waals surface area contributed by atoms with Crippen LogP contribution < -0.4 is 10.1 Å². The Hall–Kier alpha value is -1.10. The molecule has 4 heteroatoms. The van der Waals surface area contributed by atoms with Gasteiger partial charge >= 0.3 is 0 Å². The summed E-state index contributed by atoms with van der Waals surface area (Å²) in [5.41, 5.74) is 1.39. The Balaban J connectivity index is 1.45. The van der Waals surface area contributed by atoms with Gasteiger partial charge in [-0.25, -0.2) is 0 Å². The van der Waals surface area contributed by atoms with Crippen molar-refractivity contribution in [2.24, 2.45) is 0 Å². The van der Waals surface area contributed by atoms with Crippen molar-refractivity contribution in [2.45, 2.75) is 44.2 Å². The average Bonchev–Trinajstić information content (AvgIpc) is 2.57. The quantitative estimate of drug-likeness (QED) is 0.905. The molecule has 0 aliphatic carbocycles. The summed E-state index contributed by atoms with van der Waals surface area (Å²) < 4.78 is 12.1. The first-order valence-corrected chi connectivity index (χ1v) is 8.91. The van der Waals surface area contributed by atoms with E-state index in [1.165, 1.54) is 5.56 Å². The van der Waals surface area contributed by atoms with Crippen LogP contribution in [0, 0.1) is 6.92 Å². The molecule has 2 saturated heterocycles. The van der Waals surface area contributed by atoms with Gasteiger partial charge in [-0.05, 0) is 64.9 Å². The van der Waals surface area contributed by atoms with Gasteiger partial charge in [-0.1, -0.05) is 17.7 Å². The van der Waals surface area contributed by atoms with E-state index in [2.05, 4.69) is 36.3 Å². The highest BCUT2D eigenvalue weighted by Gasteiger charge is 2.39. The van der Waals surface area contributed by atoms with Crippen molar-refractivity contribution in [3.05, 3.63) is 29.8 Å². The summed E-state index contributed by atoms with van der Waals surface area (Å²) in [5.74, 6) is 0.964. The lowest BCUT2D eigenvalue weighted by atomic mass is 9.82. The number of piperidine rings is 1. The molecule has 0 radical (unpaired) electrons. The number of ether oxygens (including phenoxy) is 2. The minimum atomic E-state index is 0.125. The number of benzene rings is 1. The lowest BCUT2D eigenvalue weighted by molar-refractivity contribution is -0.118. The van der Waals surface area contributed by atoms with Crippen molar-refractivity contribution in [1.82, 2.24) is 10.2 Å². The van der Waals surface area contributed by atoms with Crippen LogP contribution >= 0.6 is 0 Å². The van der Waals surface area contributed by atoms with Crippen LogP contribution in [0.5, 0.6) is 5.75 Å². The summed E-state index contributed by atoms with van der Waals surface area (Å²) in [6.45, 7) is 6.88. The maximum atomic E-state index is 6.17. The molecule has 3 rings (SSSR count). The Labute approximate surface area is 140 Å². The minimum absolute atomic E-state index is 0.125. The molecule has 1 aromatic rings. The van der Waals surface area contributed by atoms with Crippen molar-refractivity contribution in [3.63, 3.8) is 0 Å². The average molecular weight is 318 g/mol. The number of nitrogens with zero attached hydrogens (tertiary/aromatic N) is 1. The van der Waals surface area contributed by atoms with E-state index in [0.29, 0.717) is 6.04 Å². The second-order valence-electron chi connectivity index (χ2n) is 7.07. The summed E-state index contributed by atoms with van der Waals surface area (Å²) in [4.78, 5) is 2.46. The van der Waals surface area contributed by atoms with Gasteiger partial charge in [0.2, 0.25) is 0 Å². The number of nitrogens with one attached hydrogen (secondary N) is 1. The van der Waals surface area contributed by atoms with Gasteiger partial charge < -0.3 is 14.8 Å². The summed E-state index contributed by atoms with van der Waals surface area (Å²) in [6.07, 6.45) is 4.60. The predicted molar refractivity (Wildman–Crippen MR) is 93.1 cm³/mol. The molecule has 23 heavy (non-hydrogen) atoms. The van der Waals surface area contributed by atoms with Gasteiger partial charge in [-0.2, -0.15) is 0 Å². The Bertz CT molecular complexity index is 477. The van der Waals surface area contributed by atoms with E-state index in [-0.39, 0.29) is 5.60 Å².